The molecule has 2 nitrogen and oxygen atoms in total. The summed E-state index contributed by atoms with van der Waals surface area (Å²) in [6, 6.07) is 11.1. The summed E-state index contributed by atoms with van der Waals surface area (Å²) in [4.78, 5) is 0. The van der Waals surface area contributed by atoms with Crippen molar-refractivity contribution in [3.05, 3.63) is 49.1 Å². The summed E-state index contributed by atoms with van der Waals surface area (Å²) in [6.45, 7) is 9.85. The van der Waals surface area contributed by atoms with Crippen LogP contribution in [0.2, 0.25) is 0 Å². The molecule has 0 spiro atoms. The van der Waals surface area contributed by atoms with Crippen LogP contribution in [0.1, 0.15) is 40.5 Å². The smallest absolute Gasteiger partial charge is 0.00770 e. The molecular weight excluding hydrogens is 232 g/mol. The van der Waals surface area contributed by atoms with Crippen molar-refractivity contribution in [2.45, 2.75) is 45.1 Å². The van der Waals surface area contributed by atoms with Crippen LogP contribution < -0.4 is 11.1 Å². The quantitative estimate of drug-likeness (QED) is 0.806. The Labute approximate surface area is 122 Å². The molecule has 19 heavy (non-hydrogen) atoms. The van der Waals surface area contributed by atoms with Gasteiger partial charge in [0.15, 0.2) is 0 Å². The van der Waals surface area contributed by atoms with Gasteiger partial charge in [-0.25, -0.2) is 0 Å². The molecule has 2 heteroatoms. The number of aryl methyl sites for hydroxylation is 1. The van der Waals surface area contributed by atoms with Gasteiger partial charge in [0.05, 0.1) is 0 Å². The van der Waals surface area contributed by atoms with Gasteiger partial charge in [0, 0.05) is 22.0 Å². The Morgan fingerprint density at radius 3 is 1.95 bits per heavy atom. The summed E-state index contributed by atoms with van der Waals surface area (Å²) in [5.41, 5.74) is 6.56. The van der Waals surface area contributed by atoms with E-state index in [0.717, 1.165) is 19.1 Å². The zero-order valence-corrected chi connectivity index (χ0v) is 12.4. The summed E-state index contributed by atoms with van der Waals surface area (Å²) < 4.78 is 0. The minimum Gasteiger partial charge on any atom is -0.329 e. The number of rotatable bonds is 3. The first kappa shape index (κ1) is 17.9. The Kier molecular flexibility index (Phi) is 12.5. The molecule has 2 aliphatic rings. The Bertz CT molecular complexity index is 285. The third kappa shape index (κ3) is 16.9. The molecule has 0 aliphatic heterocycles. The van der Waals surface area contributed by atoms with E-state index >= 15 is 0 Å². The van der Waals surface area contributed by atoms with E-state index in [1.807, 2.05) is 18.2 Å². The summed E-state index contributed by atoms with van der Waals surface area (Å²) >= 11 is 0. The van der Waals surface area contributed by atoms with E-state index in [1.165, 1.54) is 37.7 Å². The lowest BCUT2D eigenvalue weighted by Gasteiger charge is -1.94. The van der Waals surface area contributed by atoms with Crippen molar-refractivity contribution in [2.75, 3.05) is 13.1 Å². The molecular formula is C17H34N2. The van der Waals surface area contributed by atoms with Crippen molar-refractivity contribution in [2.24, 2.45) is 5.73 Å². The van der Waals surface area contributed by atoms with E-state index in [-0.39, 0.29) is 2.85 Å². The van der Waals surface area contributed by atoms with Gasteiger partial charge in [0.2, 0.25) is 0 Å². The van der Waals surface area contributed by atoms with Gasteiger partial charge in [-0.1, -0.05) is 55.2 Å². The van der Waals surface area contributed by atoms with Crippen LogP contribution in [0, 0.1) is 6.92 Å². The fourth-order valence-corrected chi connectivity index (χ4v) is 1.11. The van der Waals surface area contributed by atoms with Crippen LogP contribution in [0.5, 0.6) is 0 Å². The average Bonchev–Trinajstić information content (AvgIpc) is 3.35. The van der Waals surface area contributed by atoms with E-state index in [2.05, 4.69) is 37.5 Å². The number of hydrogen-bond donors (Lipinski definition) is 2. The monoisotopic (exact) mass is 266 g/mol. The second-order valence-electron chi connectivity index (χ2n) is 4.73. The molecule has 2 saturated carbocycles. The summed E-state index contributed by atoms with van der Waals surface area (Å²) in [7, 11) is 0. The van der Waals surface area contributed by atoms with Crippen LogP contribution in [0.3, 0.4) is 0 Å². The zero-order chi connectivity index (χ0) is 14.3. The van der Waals surface area contributed by atoms with E-state index in [1.54, 1.807) is 0 Å². The predicted octanol–water partition coefficient (Wildman–Crippen LogP) is 4.16. The van der Waals surface area contributed by atoms with Crippen molar-refractivity contribution < 1.29 is 2.85 Å². The van der Waals surface area contributed by atoms with E-state index in [0.29, 0.717) is 0 Å². The molecule has 3 N–H and O–H groups in total. The molecule has 0 atom stereocenters. The van der Waals surface area contributed by atoms with Crippen molar-refractivity contribution in [3.8, 4) is 0 Å². The van der Waals surface area contributed by atoms with Crippen molar-refractivity contribution >= 4 is 0 Å². The van der Waals surface area contributed by atoms with Gasteiger partial charge in [-0.15, -0.1) is 13.2 Å². The van der Waals surface area contributed by atoms with Crippen LogP contribution in [-0.4, -0.2) is 19.1 Å². The summed E-state index contributed by atoms with van der Waals surface area (Å²) in [5.74, 6) is 0. The molecule has 112 valence electrons. The van der Waals surface area contributed by atoms with Crippen LogP contribution in [0.15, 0.2) is 43.5 Å². The molecule has 0 saturated heterocycles. The first-order valence-corrected chi connectivity index (χ1v) is 7.28. The Morgan fingerprint density at radius 1 is 1.16 bits per heavy atom. The number of hydrogen-bond acceptors (Lipinski definition) is 2. The maximum atomic E-state index is 5.24. The first-order valence-electron chi connectivity index (χ1n) is 7.28. The van der Waals surface area contributed by atoms with Gasteiger partial charge in [-0.3, -0.25) is 0 Å². The number of nitrogens with one attached hydrogen (secondary N) is 1. The SMILES string of the molecule is C1CC1.C=C.Cc1ccccc1.NCCNC1CC1.[HH].[HH]. The maximum absolute atomic E-state index is 5.24. The fourth-order valence-electron chi connectivity index (χ4n) is 1.11. The highest BCUT2D eigenvalue weighted by Gasteiger charge is 2.18. The third-order valence-electron chi connectivity index (χ3n) is 2.45. The molecule has 2 aliphatic carbocycles. The van der Waals surface area contributed by atoms with Crippen LogP contribution in [0.25, 0.3) is 0 Å². The summed E-state index contributed by atoms with van der Waals surface area (Å²) in [5, 5.41) is 3.28. The topological polar surface area (TPSA) is 38.0 Å². The lowest BCUT2D eigenvalue weighted by Crippen LogP contribution is -2.23. The number of benzene rings is 1. The van der Waals surface area contributed by atoms with Gasteiger partial charge >= 0.3 is 0 Å². The van der Waals surface area contributed by atoms with Gasteiger partial charge < -0.3 is 11.1 Å². The largest absolute Gasteiger partial charge is 0.329 e. The van der Waals surface area contributed by atoms with Crippen LogP contribution in [-0.2, 0) is 0 Å². The highest BCUT2D eigenvalue weighted by molar-refractivity contribution is 5.11. The molecule has 0 bridgehead atoms. The van der Waals surface area contributed by atoms with Crippen LogP contribution in [0.4, 0.5) is 0 Å². The maximum Gasteiger partial charge on any atom is 0.00770 e. The van der Waals surface area contributed by atoms with Crippen molar-refractivity contribution in [3.63, 3.8) is 0 Å². The van der Waals surface area contributed by atoms with Gasteiger partial charge in [-0.05, 0) is 19.8 Å². The molecule has 2 fully saturated rings. The molecule has 1 aromatic carbocycles. The standard InChI is InChI=1S/C7H8.C5H12N2.C3H6.C2H4.2H2/c1-7-5-3-2-4-6-7;6-3-4-7-5-1-2-5;1-2-3-1;1-2;;/h2-6H,1H3;5,7H,1-4,6H2;1-3H2;1-2H2;2*1H. The second-order valence-corrected chi connectivity index (χ2v) is 4.73. The molecule has 0 amide bonds. The molecule has 1 aromatic rings. The highest BCUT2D eigenvalue weighted by atomic mass is 15.0. The molecule has 0 radical (unpaired) electrons. The van der Waals surface area contributed by atoms with Gasteiger partial charge in [0.25, 0.3) is 0 Å². The fraction of sp³-hybridized carbons (Fsp3) is 0.529. The van der Waals surface area contributed by atoms with Gasteiger partial charge in [0.1, 0.15) is 0 Å². The number of nitrogens with two attached hydrogens (primary N) is 1. The molecule has 3 rings (SSSR count). The molecule has 0 aromatic heterocycles. The second kappa shape index (κ2) is 13.3. The minimum absolute atomic E-state index is 0. The zero-order valence-electron chi connectivity index (χ0n) is 12.4. The predicted molar refractivity (Wildman–Crippen MR) is 90.6 cm³/mol. The lowest BCUT2D eigenvalue weighted by molar-refractivity contribution is 0.690. The van der Waals surface area contributed by atoms with E-state index in [4.69, 9.17) is 5.73 Å². The van der Waals surface area contributed by atoms with E-state index in [9.17, 15) is 0 Å². The lowest BCUT2D eigenvalue weighted by atomic mass is 10.2. The summed E-state index contributed by atoms with van der Waals surface area (Å²) in [6.07, 6.45) is 7.22. The average molecular weight is 266 g/mol. The normalized spacial score (nSPS) is 14.6. The van der Waals surface area contributed by atoms with Gasteiger partial charge in [-0.2, -0.15) is 0 Å². The minimum atomic E-state index is 0. The first-order chi connectivity index (χ1) is 9.33. The Balaban J connectivity index is -0.000000219. The van der Waals surface area contributed by atoms with Crippen molar-refractivity contribution in [1.29, 1.82) is 0 Å². The highest BCUT2D eigenvalue weighted by Crippen LogP contribution is 2.17. The molecule has 0 heterocycles. The third-order valence-corrected chi connectivity index (χ3v) is 2.45. The Hall–Kier alpha value is -1.12. The molecule has 0 unspecified atom stereocenters. The van der Waals surface area contributed by atoms with Crippen molar-refractivity contribution in [1.82, 2.24) is 5.32 Å². The van der Waals surface area contributed by atoms with Crippen LogP contribution >= 0.6 is 0 Å². The van der Waals surface area contributed by atoms with E-state index < -0.39 is 0 Å². The Morgan fingerprint density at radius 2 is 1.68 bits per heavy atom.